The molecule has 1 aromatic carbocycles. The van der Waals surface area contributed by atoms with Crippen LogP contribution >= 0.6 is 11.6 Å². The van der Waals surface area contributed by atoms with Crippen molar-refractivity contribution in [2.75, 3.05) is 46.3 Å². The van der Waals surface area contributed by atoms with Gasteiger partial charge in [-0.05, 0) is 99.9 Å². The van der Waals surface area contributed by atoms with Gasteiger partial charge in [0.1, 0.15) is 5.82 Å². The summed E-state index contributed by atoms with van der Waals surface area (Å²) in [5, 5.41) is 1.55. The van der Waals surface area contributed by atoms with E-state index in [0.717, 1.165) is 74.5 Å². The van der Waals surface area contributed by atoms with Gasteiger partial charge in [0.05, 0.1) is 28.0 Å². The van der Waals surface area contributed by atoms with Crippen molar-refractivity contribution >= 4 is 34.3 Å². The molecule has 10 heteroatoms. The van der Waals surface area contributed by atoms with Crippen LogP contribution in [-0.2, 0) is 11.2 Å². The van der Waals surface area contributed by atoms with Crippen molar-refractivity contribution in [3.63, 3.8) is 0 Å². The number of benzene rings is 1. The average molecular weight is 677 g/mol. The third-order valence-electron chi connectivity index (χ3n) is 12.2. The molecule has 2 amide bonds. The van der Waals surface area contributed by atoms with Crippen LogP contribution in [0.1, 0.15) is 69.3 Å². The lowest BCUT2D eigenvalue weighted by molar-refractivity contribution is -0.128. The number of aromatic nitrogens is 2. The number of carbonyl (C=O) groups excluding carboxylic acids is 2. The van der Waals surface area contributed by atoms with Gasteiger partial charge in [-0.1, -0.05) is 18.5 Å². The molecule has 1 saturated carbocycles. The van der Waals surface area contributed by atoms with Crippen molar-refractivity contribution in [3.8, 4) is 5.69 Å². The molecule has 4 fully saturated rings. The first-order valence-corrected chi connectivity index (χ1v) is 18.3. The highest BCUT2D eigenvalue weighted by molar-refractivity contribution is 6.35. The van der Waals surface area contributed by atoms with Crippen LogP contribution in [0.4, 0.5) is 4.39 Å². The smallest absolute Gasteiger partial charge is 0.256 e. The number of pyridine rings is 1. The Labute approximate surface area is 289 Å². The van der Waals surface area contributed by atoms with Crippen LogP contribution in [0.3, 0.4) is 0 Å². The molecular formula is C38H50ClFN6O2. The van der Waals surface area contributed by atoms with Gasteiger partial charge in [0.25, 0.3) is 5.91 Å². The number of carbonyl (C=O) groups is 2. The van der Waals surface area contributed by atoms with Crippen LogP contribution in [0.25, 0.3) is 16.6 Å². The first-order chi connectivity index (χ1) is 23.0. The number of likely N-dealkylation sites (tertiary alicyclic amines) is 3. The molecule has 258 valence electrons. The van der Waals surface area contributed by atoms with Crippen molar-refractivity contribution in [3.05, 3.63) is 58.8 Å². The molecule has 0 N–H and O–H groups in total. The Kier molecular flexibility index (Phi) is 9.32. The van der Waals surface area contributed by atoms with Crippen LogP contribution in [0.2, 0.25) is 5.02 Å². The molecule has 7 rings (SSSR count). The van der Waals surface area contributed by atoms with Gasteiger partial charge < -0.3 is 14.4 Å². The van der Waals surface area contributed by atoms with E-state index in [4.69, 9.17) is 11.6 Å². The summed E-state index contributed by atoms with van der Waals surface area (Å²) in [7, 11) is 1.75. The van der Waals surface area contributed by atoms with Gasteiger partial charge in [-0.25, -0.2) is 4.39 Å². The van der Waals surface area contributed by atoms with E-state index in [2.05, 4.69) is 27.9 Å². The summed E-state index contributed by atoms with van der Waals surface area (Å²) < 4.78 is 16.5. The Morgan fingerprint density at radius 1 is 1.08 bits per heavy atom. The molecule has 2 aromatic heterocycles. The summed E-state index contributed by atoms with van der Waals surface area (Å²) >= 11 is 6.81. The zero-order valence-electron chi connectivity index (χ0n) is 29.0. The molecule has 4 aliphatic rings. The number of fused-ring (bicyclic) bond motifs is 2. The van der Waals surface area contributed by atoms with Gasteiger partial charge >= 0.3 is 0 Å². The minimum atomic E-state index is -0.439. The fourth-order valence-electron chi connectivity index (χ4n) is 9.24. The van der Waals surface area contributed by atoms with Gasteiger partial charge in [-0.15, -0.1) is 0 Å². The van der Waals surface area contributed by atoms with Crippen molar-refractivity contribution in [2.45, 2.75) is 77.9 Å². The molecule has 3 saturated heterocycles. The summed E-state index contributed by atoms with van der Waals surface area (Å²) in [5.74, 6) is 2.12. The van der Waals surface area contributed by atoms with Crippen molar-refractivity contribution in [1.29, 1.82) is 0 Å². The molecular weight excluding hydrogens is 627 g/mol. The van der Waals surface area contributed by atoms with Gasteiger partial charge in [0, 0.05) is 82.6 Å². The van der Waals surface area contributed by atoms with E-state index >= 15 is 0 Å². The SMILES string of the molecule is CC[C@@H]([C@H]1C[C@H](N2C[C@H]3CN(C(C)=O)C[C@@H]3C2)C1)N1CC[C@H](Cc2cn(-c3ccc(F)cc3C(=O)N(C)C(C)C)c3cncc(Cl)c23)C1. The first kappa shape index (κ1) is 33.5. The van der Waals surface area contributed by atoms with E-state index in [-0.39, 0.29) is 17.9 Å². The molecule has 0 spiro atoms. The number of nitrogens with zero attached hydrogens (tertiary/aromatic N) is 6. The molecule has 48 heavy (non-hydrogen) atoms. The number of amides is 2. The standard InChI is InChI=1S/C38H50ClFN6O2/c1-6-34(26-12-31(13-26)45-20-28-18-44(24(4)47)19-29(28)21-45)43-10-9-25(17-43)11-27-22-46(36-16-41-15-33(39)37(27)36)35-8-7-30(40)14-32(35)38(48)42(5)23(2)3/h7-8,14-16,22-23,25-26,28-29,31,34H,6,9-13,17-21H2,1-5H3/t25-,26-,28-,29-,31-,34+/m1/s1. The summed E-state index contributed by atoms with van der Waals surface area (Å²) in [6, 6.07) is 5.72. The fourth-order valence-corrected chi connectivity index (χ4v) is 9.52. The first-order valence-electron chi connectivity index (χ1n) is 18.0. The van der Waals surface area contributed by atoms with E-state index in [1.807, 2.05) is 23.3 Å². The zero-order valence-corrected chi connectivity index (χ0v) is 29.8. The Bertz CT molecular complexity index is 1670. The third-order valence-corrected chi connectivity index (χ3v) is 12.5. The van der Waals surface area contributed by atoms with Crippen LogP contribution in [0.15, 0.2) is 36.8 Å². The van der Waals surface area contributed by atoms with Crippen molar-refractivity contribution in [2.24, 2.45) is 23.7 Å². The lowest BCUT2D eigenvalue weighted by atomic mass is 9.73. The van der Waals surface area contributed by atoms with Crippen molar-refractivity contribution in [1.82, 2.24) is 29.2 Å². The normalized spacial score (nSPS) is 26.8. The molecule has 3 aromatic rings. The summed E-state index contributed by atoms with van der Waals surface area (Å²) in [6.07, 6.45) is 11.4. The zero-order chi connectivity index (χ0) is 33.9. The van der Waals surface area contributed by atoms with Gasteiger partial charge in [0.15, 0.2) is 0 Å². The number of hydrogen-bond donors (Lipinski definition) is 0. The predicted octanol–water partition coefficient (Wildman–Crippen LogP) is 6.13. The maximum absolute atomic E-state index is 14.5. The number of halogens is 2. The topological polar surface area (TPSA) is 64.9 Å². The van der Waals surface area contributed by atoms with Crippen LogP contribution in [0.5, 0.6) is 0 Å². The molecule has 1 aliphatic carbocycles. The molecule has 8 nitrogen and oxygen atoms in total. The van der Waals surface area contributed by atoms with Gasteiger partial charge in [0.2, 0.25) is 5.91 Å². The predicted molar refractivity (Wildman–Crippen MR) is 188 cm³/mol. The van der Waals surface area contributed by atoms with Crippen molar-refractivity contribution < 1.29 is 14.0 Å². The third kappa shape index (κ3) is 6.15. The highest BCUT2D eigenvalue weighted by Crippen LogP contribution is 2.43. The average Bonchev–Trinajstić information content (AvgIpc) is 3.82. The van der Waals surface area contributed by atoms with Gasteiger partial charge in [-0.2, -0.15) is 0 Å². The minimum Gasteiger partial charge on any atom is -0.342 e. The van der Waals surface area contributed by atoms with Crippen LogP contribution in [0, 0.1) is 29.5 Å². The summed E-state index contributed by atoms with van der Waals surface area (Å²) in [4.78, 5) is 38.9. The maximum Gasteiger partial charge on any atom is 0.256 e. The Hall–Kier alpha value is -3.01. The highest BCUT2D eigenvalue weighted by Gasteiger charge is 2.47. The van der Waals surface area contributed by atoms with E-state index in [0.29, 0.717) is 46.1 Å². The molecule has 5 heterocycles. The van der Waals surface area contributed by atoms with E-state index in [1.165, 1.54) is 31.4 Å². The highest BCUT2D eigenvalue weighted by atomic mass is 35.5. The minimum absolute atomic E-state index is 0.0233. The van der Waals surface area contributed by atoms with E-state index in [9.17, 15) is 14.0 Å². The Balaban J connectivity index is 1.04. The number of rotatable bonds is 9. The molecule has 0 unspecified atom stereocenters. The second-order valence-electron chi connectivity index (χ2n) is 15.3. The molecule has 4 atom stereocenters. The monoisotopic (exact) mass is 676 g/mol. The fraction of sp³-hybridized carbons (Fsp3) is 0.605. The Morgan fingerprint density at radius 2 is 1.81 bits per heavy atom. The molecule has 3 aliphatic heterocycles. The van der Waals surface area contributed by atoms with E-state index in [1.54, 1.807) is 37.3 Å². The lowest BCUT2D eigenvalue weighted by Crippen LogP contribution is -2.52. The number of hydrogen-bond acceptors (Lipinski definition) is 5. The second-order valence-corrected chi connectivity index (χ2v) is 15.7. The quantitative estimate of drug-likeness (QED) is 0.273. The van der Waals surface area contributed by atoms with E-state index < -0.39 is 5.82 Å². The molecule has 0 bridgehead atoms. The van der Waals surface area contributed by atoms with Gasteiger partial charge in [-0.3, -0.25) is 24.4 Å². The largest absolute Gasteiger partial charge is 0.342 e. The lowest BCUT2D eigenvalue weighted by Gasteiger charge is -2.47. The van der Waals surface area contributed by atoms with Crippen LogP contribution in [-0.4, -0.2) is 105 Å². The second kappa shape index (κ2) is 13.4. The van der Waals surface area contributed by atoms with Crippen LogP contribution < -0.4 is 0 Å². The Morgan fingerprint density at radius 3 is 2.48 bits per heavy atom. The summed E-state index contributed by atoms with van der Waals surface area (Å²) in [5.41, 5.74) is 2.92. The molecule has 0 radical (unpaired) electrons. The maximum atomic E-state index is 14.5. The summed E-state index contributed by atoms with van der Waals surface area (Å²) in [6.45, 7) is 14.3.